The number of benzene rings is 2. The van der Waals surface area contributed by atoms with Gasteiger partial charge in [0, 0.05) is 23.9 Å². The SMILES string of the molecule is CC.COc1ccc(-c2ncccc2NC(=O)C(OC)c2ccc(Cl)cc2)cc1OC. The van der Waals surface area contributed by atoms with E-state index in [-0.39, 0.29) is 5.91 Å². The molecule has 1 aromatic heterocycles. The second-order valence-electron chi connectivity index (χ2n) is 6.13. The minimum absolute atomic E-state index is 0.315. The van der Waals surface area contributed by atoms with Gasteiger partial charge in [-0.3, -0.25) is 9.78 Å². The first-order chi connectivity index (χ1) is 15.1. The third-order valence-electron chi connectivity index (χ3n) is 4.37. The van der Waals surface area contributed by atoms with E-state index in [1.807, 2.05) is 26.0 Å². The van der Waals surface area contributed by atoms with Gasteiger partial charge in [0.05, 0.1) is 25.6 Å². The summed E-state index contributed by atoms with van der Waals surface area (Å²) in [5.74, 6) is 0.869. The van der Waals surface area contributed by atoms with Crippen LogP contribution in [0.5, 0.6) is 11.5 Å². The largest absolute Gasteiger partial charge is 0.493 e. The summed E-state index contributed by atoms with van der Waals surface area (Å²) < 4.78 is 16.1. The Balaban J connectivity index is 0.00000166. The Labute approximate surface area is 188 Å². The van der Waals surface area contributed by atoms with Gasteiger partial charge in [0.25, 0.3) is 5.91 Å². The van der Waals surface area contributed by atoms with Crippen LogP contribution >= 0.6 is 11.6 Å². The lowest BCUT2D eigenvalue weighted by molar-refractivity contribution is -0.126. The summed E-state index contributed by atoms with van der Waals surface area (Å²) in [6.45, 7) is 4.00. The van der Waals surface area contributed by atoms with Crippen LogP contribution < -0.4 is 14.8 Å². The first kappa shape index (κ1) is 24.2. The van der Waals surface area contributed by atoms with Gasteiger partial charge in [0.2, 0.25) is 0 Å². The molecule has 0 bridgehead atoms. The number of rotatable bonds is 7. The van der Waals surface area contributed by atoms with Crippen molar-refractivity contribution in [2.45, 2.75) is 20.0 Å². The molecule has 1 N–H and O–H groups in total. The van der Waals surface area contributed by atoms with Gasteiger partial charge < -0.3 is 19.5 Å². The highest BCUT2D eigenvalue weighted by Crippen LogP contribution is 2.34. The maximum Gasteiger partial charge on any atom is 0.258 e. The lowest BCUT2D eigenvalue weighted by Crippen LogP contribution is -2.23. The van der Waals surface area contributed by atoms with Crippen molar-refractivity contribution in [3.05, 3.63) is 71.4 Å². The number of carbonyl (C=O) groups excluding carboxylic acids is 1. The maximum absolute atomic E-state index is 12.9. The van der Waals surface area contributed by atoms with E-state index < -0.39 is 6.10 Å². The molecule has 3 rings (SSSR count). The van der Waals surface area contributed by atoms with Gasteiger partial charge in [-0.05, 0) is 48.0 Å². The zero-order valence-electron chi connectivity index (χ0n) is 18.3. The number of methoxy groups -OCH3 is 3. The van der Waals surface area contributed by atoms with Crippen LogP contribution in [0.4, 0.5) is 5.69 Å². The average molecular weight is 443 g/mol. The molecular weight excluding hydrogens is 416 g/mol. The number of ether oxygens (including phenoxy) is 3. The molecule has 164 valence electrons. The van der Waals surface area contributed by atoms with Crippen LogP contribution in [-0.2, 0) is 9.53 Å². The number of halogens is 1. The minimum Gasteiger partial charge on any atom is -0.493 e. The first-order valence-corrected chi connectivity index (χ1v) is 10.2. The van der Waals surface area contributed by atoms with E-state index in [4.69, 9.17) is 25.8 Å². The van der Waals surface area contributed by atoms with Crippen LogP contribution in [0.3, 0.4) is 0 Å². The molecule has 0 radical (unpaired) electrons. The van der Waals surface area contributed by atoms with Crippen molar-refractivity contribution in [3.8, 4) is 22.8 Å². The molecular formula is C24H27ClN2O4. The third kappa shape index (κ3) is 5.96. The number of pyridine rings is 1. The van der Waals surface area contributed by atoms with Crippen molar-refractivity contribution in [1.82, 2.24) is 4.98 Å². The van der Waals surface area contributed by atoms with E-state index in [1.54, 1.807) is 62.9 Å². The van der Waals surface area contributed by atoms with Gasteiger partial charge in [-0.15, -0.1) is 0 Å². The quantitative estimate of drug-likeness (QED) is 0.502. The van der Waals surface area contributed by atoms with Crippen molar-refractivity contribution in [3.63, 3.8) is 0 Å². The van der Waals surface area contributed by atoms with Crippen LogP contribution in [-0.4, -0.2) is 32.2 Å². The molecule has 3 aromatic rings. The van der Waals surface area contributed by atoms with E-state index in [9.17, 15) is 4.79 Å². The smallest absolute Gasteiger partial charge is 0.258 e. The molecule has 0 saturated carbocycles. The molecule has 0 aliphatic heterocycles. The fourth-order valence-corrected chi connectivity index (χ4v) is 3.08. The van der Waals surface area contributed by atoms with Gasteiger partial charge in [-0.1, -0.05) is 37.6 Å². The van der Waals surface area contributed by atoms with Gasteiger partial charge in [-0.25, -0.2) is 0 Å². The normalized spacial score (nSPS) is 11.0. The Morgan fingerprint density at radius 3 is 2.26 bits per heavy atom. The van der Waals surface area contributed by atoms with Crippen molar-refractivity contribution in [1.29, 1.82) is 0 Å². The van der Waals surface area contributed by atoms with Crippen LogP contribution in [0.1, 0.15) is 25.5 Å². The minimum atomic E-state index is -0.786. The molecule has 2 aromatic carbocycles. The number of hydrogen-bond acceptors (Lipinski definition) is 5. The highest BCUT2D eigenvalue weighted by molar-refractivity contribution is 6.30. The number of carbonyl (C=O) groups is 1. The van der Waals surface area contributed by atoms with E-state index in [1.165, 1.54) is 7.11 Å². The molecule has 1 atom stereocenters. The van der Waals surface area contributed by atoms with Gasteiger partial charge in [-0.2, -0.15) is 0 Å². The molecule has 1 amide bonds. The molecule has 0 fully saturated rings. The number of amides is 1. The van der Waals surface area contributed by atoms with E-state index in [0.717, 1.165) is 5.56 Å². The van der Waals surface area contributed by atoms with Gasteiger partial charge in [0.15, 0.2) is 17.6 Å². The number of hydrogen-bond donors (Lipinski definition) is 1. The lowest BCUT2D eigenvalue weighted by Gasteiger charge is -2.17. The molecule has 6 nitrogen and oxygen atoms in total. The monoisotopic (exact) mass is 442 g/mol. The zero-order valence-corrected chi connectivity index (χ0v) is 19.1. The summed E-state index contributed by atoms with van der Waals surface area (Å²) in [6.07, 6.45) is 0.875. The Hall–Kier alpha value is -3.09. The maximum atomic E-state index is 12.9. The Bertz CT molecular complexity index is 993. The number of aromatic nitrogens is 1. The highest BCUT2D eigenvalue weighted by atomic mass is 35.5. The van der Waals surface area contributed by atoms with Crippen LogP contribution in [0.25, 0.3) is 11.3 Å². The molecule has 0 saturated heterocycles. The molecule has 1 unspecified atom stereocenters. The van der Waals surface area contributed by atoms with Crippen molar-refractivity contribution in [2.75, 3.05) is 26.6 Å². The summed E-state index contributed by atoms with van der Waals surface area (Å²) in [4.78, 5) is 17.3. The molecule has 7 heteroatoms. The summed E-state index contributed by atoms with van der Waals surface area (Å²) in [6, 6.07) is 15.9. The Kier molecular flexibility index (Phi) is 9.31. The van der Waals surface area contributed by atoms with E-state index >= 15 is 0 Å². The molecule has 0 aliphatic rings. The fourth-order valence-electron chi connectivity index (χ4n) is 2.95. The van der Waals surface area contributed by atoms with Crippen LogP contribution in [0.2, 0.25) is 5.02 Å². The lowest BCUT2D eigenvalue weighted by atomic mass is 10.1. The standard InChI is InChI=1S/C22H21ClN2O4.C2H6/c1-27-18-11-8-15(13-19(18)28-2)20-17(5-4-12-24-20)25-22(26)21(29-3)14-6-9-16(23)10-7-14;1-2/h4-13,21H,1-3H3,(H,25,26);1-2H3. The third-order valence-corrected chi connectivity index (χ3v) is 4.62. The van der Waals surface area contributed by atoms with Crippen molar-refractivity contribution < 1.29 is 19.0 Å². The number of nitrogens with one attached hydrogen (secondary N) is 1. The average Bonchev–Trinajstić information content (AvgIpc) is 2.82. The summed E-state index contributed by atoms with van der Waals surface area (Å²) in [7, 11) is 4.63. The van der Waals surface area contributed by atoms with Crippen LogP contribution in [0, 0.1) is 0 Å². The van der Waals surface area contributed by atoms with E-state index in [0.29, 0.717) is 33.5 Å². The van der Waals surface area contributed by atoms with Crippen molar-refractivity contribution in [2.24, 2.45) is 0 Å². The number of nitrogens with zero attached hydrogens (tertiary/aromatic N) is 1. The summed E-state index contributed by atoms with van der Waals surface area (Å²) >= 11 is 5.94. The molecule has 0 aliphatic carbocycles. The topological polar surface area (TPSA) is 69.7 Å². The first-order valence-electron chi connectivity index (χ1n) is 9.84. The predicted molar refractivity (Wildman–Crippen MR) is 124 cm³/mol. The van der Waals surface area contributed by atoms with Gasteiger partial charge in [0.1, 0.15) is 0 Å². The summed E-state index contributed by atoms with van der Waals surface area (Å²) in [5.41, 5.74) is 2.64. The number of anilines is 1. The second kappa shape index (κ2) is 11.9. The zero-order chi connectivity index (χ0) is 22.8. The summed E-state index contributed by atoms with van der Waals surface area (Å²) in [5, 5.41) is 3.50. The van der Waals surface area contributed by atoms with Gasteiger partial charge >= 0.3 is 0 Å². The van der Waals surface area contributed by atoms with E-state index in [2.05, 4.69) is 10.3 Å². The Morgan fingerprint density at radius 1 is 0.968 bits per heavy atom. The molecule has 31 heavy (non-hydrogen) atoms. The molecule has 1 heterocycles. The van der Waals surface area contributed by atoms with Crippen molar-refractivity contribution >= 4 is 23.2 Å². The fraction of sp³-hybridized carbons (Fsp3) is 0.250. The highest BCUT2D eigenvalue weighted by Gasteiger charge is 2.22. The predicted octanol–water partition coefficient (Wildman–Crippen LogP) is 5.77. The second-order valence-corrected chi connectivity index (χ2v) is 6.56. The molecule has 0 spiro atoms. The Morgan fingerprint density at radius 2 is 1.65 bits per heavy atom. The van der Waals surface area contributed by atoms with Crippen LogP contribution in [0.15, 0.2) is 60.8 Å².